The number of unbranched alkanes of at least 4 members (excludes halogenated alkanes) is 1. The SMILES string of the molecule is CC(C)CCCCNCc1c[nH]c2ccccc12. The van der Waals surface area contributed by atoms with E-state index in [0.717, 1.165) is 19.0 Å². The van der Waals surface area contributed by atoms with Gasteiger partial charge in [-0.3, -0.25) is 0 Å². The van der Waals surface area contributed by atoms with Crippen LogP contribution in [0.5, 0.6) is 0 Å². The molecule has 2 aromatic rings. The van der Waals surface area contributed by atoms with Crippen LogP contribution in [0.1, 0.15) is 38.7 Å². The molecule has 2 heteroatoms. The molecule has 2 N–H and O–H groups in total. The molecule has 2 rings (SSSR count). The molecule has 0 fully saturated rings. The topological polar surface area (TPSA) is 27.8 Å². The van der Waals surface area contributed by atoms with E-state index in [1.165, 1.54) is 35.7 Å². The van der Waals surface area contributed by atoms with Gasteiger partial charge in [-0.2, -0.15) is 0 Å². The monoisotopic (exact) mass is 244 g/mol. The Morgan fingerprint density at radius 1 is 1.17 bits per heavy atom. The lowest BCUT2D eigenvalue weighted by molar-refractivity contribution is 0.521. The quantitative estimate of drug-likeness (QED) is 0.706. The summed E-state index contributed by atoms with van der Waals surface area (Å²) in [6.07, 6.45) is 6.07. The molecule has 0 atom stereocenters. The Balaban J connectivity index is 1.74. The number of H-pyrrole nitrogens is 1. The Morgan fingerprint density at radius 2 is 2.00 bits per heavy atom. The second-order valence-electron chi connectivity index (χ2n) is 5.43. The Hall–Kier alpha value is -1.28. The summed E-state index contributed by atoms with van der Waals surface area (Å²) in [4.78, 5) is 3.32. The van der Waals surface area contributed by atoms with Crippen molar-refractivity contribution in [2.45, 2.75) is 39.7 Å². The second kappa shape index (κ2) is 6.60. The van der Waals surface area contributed by atoms with Gasteiger partial charge in [-0.25, -0.2) is 0 Å². The first-order valence-corrected chi connectivity index (χ1v) is 7.03. The van der Waals surface area contributed by atoms with Crippen LogP contribution < -0.4 is 5.32 Å². The van der Waals surface area contributed by atoms with Crippen molar-refractivity contribution in [2.75, 3.05) is 6.54 Å². The molecule has 0 amide bonds. The van der Waals surface area contributed by atoms with Gasteiger partial charge in [0.25, 0.3) is 0 Å². The van der Waals surface area contributed by atoms with Gasteiger partial charge < -0.3 is 10.3 Å². The smallest absolute Gasteiger partial charge is 0.0457 e. The van der Waals surface area contributed by atoms with E-state index < -0.39 is 0 Å². The van der Waals surface area contributed by atoms with Crippen molar-refractivity contribution in [3.63, 3.8) is 0 Å². The molecule has 1 aromatic carbocycles. The third kappa shape index (κ3) is 3.61. The summed E-state index contributed by atoms with van der Waals surface area (Å²) in [5, 5.41) is 4.87. The van der Waals surface area contributed by atoms with Gasteiger partial charge in [0.15, 0.2) is 0 Å². The minimum Gasteiger partial charge on any atom is -0.361 e. The molecule has 1 heterocycles. The predicted octanol–water partition coefficient (Wildman–Crippen LogP) is 4.08. The van der Waals surface area contributed by atoms with Crippen molar-refractivity contribution < 1.29 is 0 Å². The summed E-state index contributed by atoms with van der Waals surface area (Å²) in [6, 6.07) is 8.48. The van der Waals surface area contributed by atoms with E-state index in [9.17, 15) is 0 Å². The molecule has 0 saturated heterocycles. The maximum atomic E-state index is 3.53. The average Bonchev–Trinajstić information content (AvgIpc) is 2.77. The van der Waals surface area contributed by atoms with E-state index in [0.29, 0.717) is 0 Å². The fraction of sp³-hybridized carbons (Fsp3) is 0.500. The number of aromatic amines is 1. The van der Waals surface area contributed by atoms with Gasteiger partial charge in [0.1, 0.15) is 0 Å². The second-order valence-corrected chi connectivity index (χ2v) is 5.43. The molecule has 0 unspecified atom stereocenters. The summed E-state index contributed by atoms with van der Waals surface area (Å²) >= 11 is 0. The summed E-state index contributed by atoms with van der Waals surface area (Å²) in [7, 11) is 0. The average molecular weight is 244 g/mol. The molecule has 0 radical (unpaired) electrons. The summed E-state index contributed by atoms with van der Waals surface area (Å²) in [6.45, 7) is 6.66. The highest BCUT2D eigenvalue weighted by atomic mass is 14.9. The van der Waals surface area contributed by atoms with Crippen molar-refractivity contribution in [3.8, 4) is 0 Å². The minimum atomic E-state index is 0.832. The largest absolute Gasteiger partial charge is 0.361 e. The Morgan fingerprint density at radius 3 is 2.83 bits per heavy atom. The lowest BCUT2D eigenvalue weighted by Crippen LogP contribution is -2.14. The standard InChI is InChI=1S/C16H24N2/c1-13(2)7-5-6-10-17-11-14-12-18-16-9-4-3-8-15(14)16/h3-4,8-9,12-13,17-18H,5-7,10-11H2,1-2H3. The number of aromatic nitrogens is 1. The van der Waals surface area contributed by atoms with Crippen molar-refractivity contribution in [1.29, 1.82) is 0 Å². The highest BCUT2D eigenvalue weighted by Gasteiger charge is 2.01. The van der Waals surface area contributed by atoms with Gasteiger partial charge in [-0.15, -0.1) is 0 Å². The number of rotatable bonds is 7. The highest BCUT2D eigenvalue weighted by Crippen LogP contribution is 2.17. The summed E-state index contributed by atoms with van der Waals surface area (Å²) in [5.74, 6) is 0.832. The molecule has 98 valence electrons. The maximum absolute atomic E-state index is 3.53. The lowest BCUT2D eigenvalue weighted by atomic mass is 10.1. The molecule has 2 nitrogen and oxygen atoms in total. The van der Waals surface area contributed by atoms with Crippen molar-refractivity contribution in [1.82, 2.24) is 10.3 Å². The Labute approximate surface area is 110 Å². The molecule has 0 bridgehead atoms. The van der Waals surface area contributed by atoms with Crippen LogP contribution in [-0.2, 0) is 6.54 Å². The normalized spacial score (nSPS) is 11.5. The number of benzene rings is 1. The third-order valence-corrected chi connectivity index (χ3v) is 3.38. The predicted molar refractivity (Wildman–Crippen MR) is 78.7 cm³/mol. The van der Waals surface area contributed by atoms with Gasteiger partial charge in [0, 0.05) is 23.6 Å². The fourth-order valence-electron chi connectivity index (χ4n) is 2.30. The van der Waals surface area contributed by atoms with Gasteiger partial charge in [-0.05, 0) is 30.5 Å². The number of hydrogen-bond acceptors (Lipinski definition) is 1. The zero-order chi connectivity index (χ0) is 12.8. The van der Waals surface area contributed by atoms with E-state index in [-0.39, 0.29) is 0 Å². The fourth-order valence-corrected chi connectivity index (χ4v) is 2.30. The van der Waals surface area contributed by atoms with E-state index in [4.69, 9.17) is 0 Å². The molecular weight excluding hydrogens is 220 g/mol. The van der Waals surface area contributed by atoms with E-state index >= 15 is 0 Å². The van der Waals surface area contributed by atoms with E-state index in [1.54, 1.807) is 0 Å². The maximum Gasteiger partial charge on any atom is 0.0457 e. The lowest BCUT2D eigenvalue weighted by Gasteiger charge is -2.06. The first-order valence-electron chi connectivity index (χ1n) is 7.03. The molecule has 0 aliphatic rings. The van der Waals surface area contributed by atoms with Crippen molar-refractivity contribution in [3.05, 3.63) is 36.0 Å². The zero-order valence-electron chi connectivity index (χ0n) is 11.5. The molecule has 1 aromatic heterocycles. The first kappa shape index (κ1) is 13.2. The van der Waals surface area contributed by atoms with Crippen LogP contribution in [-0.4, -0.2) is 11.5 Å². The molecule has 18 heavy (non-hydrogen) atoms. The van der Waals surface area contributed by atoms with Crippen molar-refractivity contribution >= 4 is 10.9 Å². The van der Waals surface area contributed by atoms with Crippen LogP contribution in [0.4, 0.5) is 0 Å². The van der Waals surface area contributed by atoms with Crippen LogP contribution >= 0.6 is 0 Å². The van der Waals surface area contributed by atoms with Gasteiger partial charge in [-0.1, -0.05) is 44.9 Å². The van der Waals surface area contributed by atoms with Crippen LogP contribution in [0.3, 0.4) is 0 Å². The number of para-hydroxylation sites is 1. The van der Waals surface area contributed by atoms with E-state index in [2.05, 4.69) is 54.6 Å². The third-order valence-electron chi connectivity index (χ3n) is 3.38. The van der Waals surface area contributed by atoms with Gasteiger partial charge in [0.05, 0.1) is 0 Å². The molecule has 0 saturated carbocycles. The van der Waals surface area contributed by atoms with Crippen LogP contribution in [0, 0.1) is 5.92 Å². The van der Waals surface area contributed by atoms with Gasteiger partial charge >= 0.3 is 0 Å². The number of hydrogen-bond donors (Lipinski definition) is 2. The summed E-state index contributed by atoms with van der Waals surface area (Å²) in [5.41, 5.74) is 2.60. The van der Waals surface area contributed by atoms with Crippen LogP contribution in [0.25, 0.3) is 10.9 Å². The first-order chi connectivity index (χ1) is 8.77. The zero-order valence-corrected chi connectivity index (χ0v) is 11.5. The number of nitrogens with one attached hydrogen (secondary N) is 2. The van der Waals surface area contributed by atoms with Crippen LogP contribution in [0.15, 0.2) is 30.5 Å². The Bertz CT molecular complexity index is 471. The molecule has 0 aliphatic heterocycles. The molecular formula is C16H24N2. The van der Waals surface area contributed by atoms with Crippen molar-refractivity contribution in [2.24, 2.45) is 5.92 Å². The molecule has 0 aliphatic carbocycles. The number of fused-ring (bicyclic) bond motifs is 1. The summed E-state index contributed by atoms with van der Waals surface area (Å²) < 4.78 is 0. The Kier molecular flexibility index (Phi) is 4.82. The minimum absolute atomic E-state index is 0.832. The van der Waals surface area contributed by atoms with Gasteiger partial charge in [0.2, 0.25) is 0 Å². The molecule has 0 spiro atoms. The van der Waals surface area contributed by atoms with E-state index in [1.807, 2.05) is 0 Å². The van der Waals surface area contributed by atoms with Crippen LogP contribution in [0.2, 0.25) is 0 Å². The highest BCUT2D eigenvalue weighted by molar-refractivity contribution is 5.82.